The number of thiocarbonyl (C=S) groups is 1. The molecule has 0 radical (unpaired) electrons. The molecular weight excluding hydrogens is 418 g/mol. The summed E-state index contributed by atoms with van der Waals surface area (Å²) < 4.78 is 5.88. The summed E-state index contributed by atoms with van der Waals surface area (Å²) in [5, 5.41) is 7.43. The highest BCUT2D eigenvalue weighted by molar-refractivity contribution is 7.80. The quantitative estimate of drug-likeness (QED) is 0.454. The van der Waals surface area contributed by atoms with Crippen LogP contribution in [0.15, 0.2) is 88.7 Å². The Morgan fingerprint density at radius 2 is 1.81 bits per heavy atom. The first-order valence-electron chi connectivity index (χ1n) is 10.7. The molecule has 1 aromatic heterocycles. The van der Waals surface area contributed by atoms with Gasteiger partial charge in [-0.2, -0.15) is 0 Å². The molecule has 162 valence electrons. The van der Waals surface area contributed by atoms with Gasteiger partial charge in [-0.3, -0.25) is 4.79 Å². The second kappa shape index (κ2) is 7.95. The number of Topliss-reactive ketones (excluding diaryl/α,β-unsaturated/α-hetero) is 1. The van der Waals surface area contributed by atoms with Crippen LogP contribution in [0.3, 0.4) is 0 Å². The highest BCUT2D eigenvalue weighted by Gasteiger charge is 2.43. The van der Waals surface area contributed by atoms with E-state index >= 15 is 0 Å². The minimum absolute atomic E-state index is 0.116. The number of fused-ring (bicyclic) bond motifs is 1. The molecule has 0 fully saturated rings. The monoisotopic (exact) mass is 443 g/mol. The summed E-state index contributed by atoms with van der Waals surface area (Å²) >= 11 is 5.93. The zero-order valence-electron chi connectivity index (χ0n) is 18.1. The van der Waals surface area contributed by atoms with Gasteiger partial charge in [-0.25, -0.2) is 0 Å². The van der Waals surface area contributed by atoms with Crippen molar-refractivity contribution in [3.63, 3.8) is 0 Å². The Hall–Kier alpha value is -3.38. The summed E-state index contributed by atoms with van der Waals surface area (Å²) in [7, 11) is 0. The molecule has 1 aliphatic carbocycles. The molecular formula is C26H25N3O2S. The molecule has 0 saturated heterocycles. The third kappa shape index (κ3) is 3.71. The van der Waals surface area contributed by atoms with Gasteiger partial charge >= 0.3 is 0 Å². The normalized spacial score (nSPS) is 19.5. The lowest BCUT2D eigenvalue weighted by Gasteiger charge is -2.37. The zero-order valence-corrected chi connectivity index (χ0v) is 18.9. The van der Waals surface area contributed by atoms with E-state index in [1.165, 1.54) is 0 Å². The number of hydrogen-bond acceptors (Lipinski definition) is 4. The van der Waals surface area contributed by atoms with Crippen molar-refractivity contribution >= 4 is 40.2 Å². The number of para-hydroxylation sites is 3. The molecule has 32 heavy (non-hydrogen) atoms. The van der Waals surface area contributed by atoms with Crippen LogP contribution in [0.4, 0.5) is 17.1 Å². The molecule has 3 aromatic rings. The van der Waals surface area contributed by atoms with Crippen molar-refractivity contribution < 1.29 is 9.21 Å². The first-order valence-corrected chi connectivity index (χ1v) is 11.1. The number of nitrogens with zero attached hydrogens (tertiary/aromatic N) is 1. The standard InChI is InChI=1S/C26H25N3O2S/c1-26(2)15-19-23(21(30)16-26)24(22-13-8-14-31-22)29(20-12-7-6-11-18(20)28-19)25(32)27-17-9-4-3-5-10-17/h3-14,24,28H,15-16H2,1-2H3,(H,27,32). The van der Waals surface area contributed by atoms with Crippen LogP contribution in [0.2, 0.25) is 0 Å². The van der Waals surface area contributed by atoms with Crippen molar-refractivity contribution in [2.75, 3.05) is 15.5 Å². The number of carbonyl (C=O) groups excluding carboxylic acids is 1. The molecule has 5 nitrogen and oxygen atoms in total. The van der Waals surface area contributed by atoms with Gasteiger partial charge in [0.25, 0.3) is 0 Å². The van der Waals surface area contributed by atoms with E-state index in [0.29, 0.717) is 22.9 Å². The van der Waals surface area contributed by atoms with E-state index in [1.54, 1.807) is 6.26 Å². The zero-order chi connectivity index (χ0) is 22.3. The molecule has 0 amide bonds. The summed E-state index contributed by atoms with van der Waals surface area (Å²) in [6, 6.07) is 21.1. The van der Waals surface area contributed by atoms with Crippen LogP contribution >= 0.6 is 12.2 Å². The van der Waals surface area contributed by atoms with Gasteiger partial charge in [0.15, 0.2) is 10.9 Å². The van der Waals surface area contributed by atoms with Crippen molar-refractivity contribution in [2.24, 2.45) is 5.41 Å². The van der Waals surface area contributed by atoms with Gasteiger partial charge in [0.2, 0.25) is 0 Å². The van der Waals surface area contributed by atoms with E-state index < -0.39 is 6.04 Å². The first kappa shape index (κ1) is 20.5. The molecule has 1 aliphatic heterocycles. The predicted molar refractivity (Wildman–Crippen MR) is 132 cm³/mol. The molecule has 5 rings (SSSR count). The Morgan fingerprint density at radius 1 is 1.06 bits per heavy atom. The van der Waals surface area contributed by atoms with Crippen LogP contribution in [0.25, 0.3) is 0 Å². The van der Waals surface area contributed by atoms with E-state index in [4.69, 9.17) is 16.6 Å². The average Bonchev–Trinajstić information content (AvgIpc) is 3.23. The number of rotatable bonds is 2. The number of ketones is 1. The summed E-state index contributed by atoms with van der Waals surface area (Å²) in [6.07, 6.45) is 2.89. The van der Waals surface area contributed by atoms with Gasteiger partial charge in [0.1, 0.15) is 11.8 Å². The number of anilines is 3. The van der Waals surface area contributed by atoms with E-state index in [-0.39, 0.29) is 11.2 Å². The fourth-order valence-corrected chi connectivity index (χ4v) is 4.95. The van der Waals surface area contributed by atoms with Crippen LogP contribution in [0.5, 0.6) is 0 Å². The highest BCUT2D eigenvalue weighted by Crippen LogP contribution is 2.48. The van der Waals surface area contributed by atoms with E-state index in [2.05, 4.69) is 24.5 Å². The van der Waals surface area contributed by atoms with E-state index in [1.807, 2.05) is 71.6 Å². The maximum atomic E-state index is 13.6. The van der Waals surface area contributed by atoms with E-state index in [9.17, 15) is 4.79 Å². The first-order chi connectivity index (χ1) is 15.4. The lowest BCUT2D eigenvalue weighted by Crippen LogP contribution is -2.41. The largest absolute Gasteiger partial charge is 0.467 e. The average molecular weight is 444 g/mol. The minimum atomic E-state index is -0.469. The number of allylic oxidation sites excluding steroid dienone is 1. The molecule has 0 bridgehead atoms. The Morgan fingerprint density at radius 3 is 2.56 bits per heavy atom. The van der Waals surface area contributed by atoms with Gasteiger partial charge in [-0.05, 0) is 60.5 Å². The topological polar surface area (TPSA) is 57.5 Å². The summed E-state index contributed by atoms with van der Waals surface area (Å²) in [5.74, 6) is 0.798. The number of carbonyl (C=O) groups is 1. The van der Waals surface area contributed by atoms with Crippen molar-refractivity contribution in [2.45, 2.75) is 32.7 Å². The molecule has 6 heteroatoms. The third-order valence-corrected chi connectivity index (χ3v) is 6.26. The van der Waals surface area contributed by atoms with Gasteiger partial charge < -0.3 is 20.0 Å². The minimum Gasteiger partial charge on any atom is -0.467 e. The fourth-order valence-electron chi connectivity index (χ4n) is 4.63. The van der Waals surface area contributed by atoms with Gasteiger partial charge in [0, 0.05) is 23.4 Å². The third-order valence-electron chi connectivity index (χ3n) is 5.96. The predicted octanol–water partition coefficient (Wildman–Crippen LogP) is 6.29. The maximum Gasteiger partial charge on any atom is 0.178 e. The van der Waals surface area contributed by atoms with Crippen molar-refractivity contribution in [3.8, 4) is 0 Å². The fraction of sp³-hybridized carbons (Fsp3) is 0.231. The molecule has 2 N–H and O–H groups in total. The molecule has 2 heterocycles. The summed E-state index contributed by atoms with van der Waals surface area (Å²) in [4.78, 5) is 15.6. The molecule has 2 aliphatic rings. The number of hydrogen-bond donors (Lipinski definition) is 2. The lowest BCUT2D eigenvalue weighted by molar-refractivity contribution is -0.118. The van der Waals surface area contributed by atoms with Gasteiger partial charge in [-0.1, -0.05) is 44.2 Å². The maximum absolute atomic E-state index is 13.6. The second-order valence-electron chi connectivity index (χ2n) is 9.06. The second-order valence-corrected chi connectivity index (χ2v) is 9.45. The van der Waals surface area contributed by atoms with Crippen LogP contribution in [0.1, 0.15) is 38.5 Å². The van der Waals surface area contributed by atoms with Crippen LogP contribution < -0.4 is 15.5 Å². The Balaban J connectivity index is 1.70. The van der Waals surface area contributed by atoms with Crippen LogP contribution in [-0.2, 0) is 4.79 Å². The molecule has 1 atom stereocenters. The van der Waals surface area contributed by atoms with Crippen molar-refractivity contribution in [1.29, 1.82) is 0 Å². The Bertz CT molecular complexity index is 1200. The number of benzene rings is 2. The Labute approximate surface area is 193 Å². The number of furan rings is 1. The number of nitrogens with one attached hydrogen (secondary N) is 2. The van der Waals surface area contributed by atoms with Crippen molar-refractivity contribution in [1.82, 2.24) is 0 Å². The van der Waals surface area contributed by atoms with Gasteiger partial charge in [-0.15, -0.1) is 0 Å². The van der Waals surface area contributed by atoms with E-state index in [0.717, 1.165) is 29.2 Å². The molecule has 2 aromatic carbocycles. The van der Waals surface area contributed by atoms with Crippen molar-refractivity contribution in [3.05, 3.63) is 90.0 Å². The molecule has 0 spiro atoms. The SMILES string of the molecule is CC1(C)CC(=O)C2=C(C1)Nc1ccccc1N(C(=S)Nc1ccccc1)C2c1ccco1. The molecule has 1 unspecified atom stereocenters. The lowest BCUT2D eigenvalue weighted by atomic mass is 9.74. The Kier molecular flexibility index (Phi) is 5.10. The van der Waals surface area contributed by atoms with Gasteiger partial charge in [0.05, 0.1) is 17.6 Å². The highest BCUT2D eigenvalue weighted by atomic mass is 32.1. The molecule has 0 saturated carbocycles. The van der Waals surface area contributed by atoms with Crippen LogP contribution in [-0.4, -0.2) is 10.9 Å². The summed E-state index contributed by atoms with van der Waals surface area (Å²) in [6.45, 7) is 4.27. The summed E-state index contributed by atoms with van der Waals surface area (Å²) in [5.41, 5.74) is 4.22. The smallest absolute Gasteiger partial charge is 0.178 e. The van der Waals surface area contributed by atoms with Crippen LogP contribution in [0, 0.1) is 5.41 Å².